The SMILES string of the molecule is CC(C)(C)OC(=O)Nc1cccc(Nc2nc(Cl)ncc2I)c1. The van der Waals surface area contributed by atoms with Gasteiger partial charge in [0.15, 0.2) is 0 Å². The fourth-order valence-electron chi connectivity index (χ4n) is 1.67. The third-order valence-electron chi connectivity index (χ3n) is 2.49. The standard InChI is InChI=1S/C15H16ClIN4O2/c1-15(2,3)23-14(22)20-10-6-4-5-9(7-10)19-12-11(17)8-18-13(16)21-12/h4-8H,1-3H3,(H,20,22)(H,18,19,21). The van der Waals surface area contributed by atoms with Crippen LogP contribution in [0.2, 0.25) is 5.28 Å². The van der Waals surface area contributed by atoms with E-state index in [1.54, 1.807) is 18.3 Å². The second-order valence-electron chi connectivity index (χ2n) is 5.67. The van der Waals surface area contributed by atoms with Gasteiger partial charge in [0.2, 0.25) is 5.28 Å². The summed E-state index contributed by atoms with van der Waals surface area (Å²) >= 11 is 7.92. The predicted octanol–water partition coefficient (Wildman–Crippen LogP) is 4.83. The summed E-state index contributed by atoms with van der Waals surface area (Å²) in [6, 6.07) is 7.21. The van der Waals surface area contributed by atoms with Crippen molar-refractivity contribution in [3.63, 3.8) is 0 Å². The highest BCUT2D eigenvalue weighted by atomic mass is 127. The topological polar surface area (TPSA) is 76.1 Å². The number of hydrogen-bond acceptors (Lipinski definition) is 5. The van der Waals surface area contributed by atoms with Crippen LogP contribution in [0.25, 0.3) is 0 Å². The second-order valence-corrected chi connectivity index (χ2v) is 7.17. The second kappa shape index (κ2) is 7.31. The van der Waals surface area contributed by atoms with Gasteiger partial charge in [-0.3, -0.25) is 5.32 Å². The molecule has 2 N–H and O–H groups in total. The molecule has 0 radical (unpaired) electrons. The first-order valence-electron chi connectivity index (χ1n) is 6.78. The molecule has 1 heterocycles. The fraction of sp³-hybridized carbons (Fsp3) is 0.267. The van der Waals surface area contributed by atoms with Crippen molar-refractivity contribution < 1.29 is 9.53 Å². The summed E-state index contributed by atoms with van der Waals surface area (Å²) in [5.74, 6) is 0.597. The van der Waals surface area contributed by atoms with Crippen LogP contribution < -0.4 is 10.6 Å². The van der Waals surface area contributed by atoms with Gasteiger partial charge >= 0.3 is 6.09 Å². The highest BCUT2D eigenvalue weighted by molar-refractivity contribution is 14.1. The Balaban J connectivity index is 2.11. The number of anilines is 3. The minimum Gasteiger partial charge on any atom is -0.444 e. The molecular weight excluding hydrogens is 431 g/mol. The minimum atomic E-state index is -0.548. The lowest BCUT2D eigenvalue weighted by Crippen LogP contribution is -2.27. The number of carbonyl (C=O) groups excluding carboxylic acids is 1. The van der Waals surface area contributed by atoms with Gasteiger partial charge in [0, 0.05) is 17.6 Å². The predicted molar refractivity (Wildman–Crippen MR) is 99.3 cm³/mol. The molecule has 0 aliphatic heterocycles. The summed E-state index contributed by atoms with van der Waals surface area (Å²) in [5.41, 5.74) is 0.818. The molecule has 0 bridgehead atoms. The van der Waals surface area contributed by atoms with Crippen molar-refractivity contribution >= 4 is 57.5 Å². The van der Waals surface area contributed by atoms with Crippen LogP contribution in [0, 0.1) is 3.57 Å². The molecule has 1 aromatic carbocycles. The fourth-order valence-corrected chi connectivity index (χ4v) is 2.19. The van der Waals surface area contributed by atoms with Gasteiger partial charge in [-0.1, -0.05) is 6.07 Å². The number of carbonyl (C=O) groups is 1. The molecular formula is C15H16ClIN4O2. The molecule has 0 fully saturated rings. The van der Waals surface area contributed by atoms with Gasteiger partial charge in [0.1, 0.15) is 11.4 Å². The van der Waals surface area contributed by atoms with Crippen molar-refractivity contribution in [2.24, 2.45) is 0 Å². The van der Waals surface area contributed by atoms with Crippen LogP contribution in [0.1, 0.15) is 20.8 Å². The molecule has 0 spiro atoms. The summed E-state index contributed by atoms with van der Waals surface area (Å²) in [7, 11) is 0. The maximum Gasteiger partial charge on any atom is 0.412 e. The zero-order chi connectivity index (χ0) is 17.0. The summed E-state index contributed by atoms with van der Waals surface area (Å²) in [6.45, 7) is 5.43. The molecule has 23 heavy (non-hydrogen) atoms. The normalized spacial score (nSPS) is 11.0. The Hall–Kier alpha value is -1.61. The first kappa shape index (κ1) is 17.7. The Labute approximate surface area is 153 Å². The number of hydrogen-bond donors (Lipinski definition) is 2. The van der Waals surface area contributed by atoms with E-state index in [0.717, 1.165) is 9.26 Å². The molecule has 8 heteroatoms. The van der Waals surface area contributed by atoms with Crippen LogP contribution in [0.4, 0.5) is 22.0 Å². The third kappa shape index (κ3) is 5.83. The smallest absolute Gasteiger partial charge is 0.412 e. The molecule has 1 amide bonds. The van der Waals surface area contributed by atoms with E-state index in [0.29, 0.717) is 11.5 Å². The average molecular weight is 447 g/mol. The zero-order valence-electron chi connectivity index (χ0n) is 12.9. The van der Waals surface area contributed by atoms with Gasteiger partial charge in [-0.2, -0.15) is 4.98 Å². The number of nitrogens with zero attached hydrogens (tertiary/aromatic N) is 2. The lowest BCUT2D eigenvalue weighted by molar-refractivity contribution is 0.0636. The lowest BCUT2D eigenvalue weighted by atomic mass is 10.2. The number of amides is 1. The first-order chi connectivity index (χ1) is 10.7. The van der Waals surface area contributed by atoms with Gasteiger partial charge in [0.05, 0.1) is 3.57 Å². The first-order valence-corrected chi connectivity index (χ1v) is 8.24. The Morgan fingerprint density at radius 2 is 2.00 bits per heavy atom. The molecule has 0 saturated heterocycles. The lowest BCUT2D eigenvalue weighted by Gasteiger charge is -2.19. The van der Waals surface area contributed by atoms with Crippen LogP contribution in [-0.4, -0.2) is 21.7 Å². The number of aromatic nitrogens is 2. The number of benzene rings is 1. The zero-order valence-corrected chi connectivity index (χ0v) is 15.8. The molecule has 0 saturated carbocycles. The van der Waals surface area contributed by atoms with E-state index >= 15 is 0 Å². The quantitative estimate of drug-likeness (QED) is 0.522. The Morgan fingerprint density at radius 3 is 2.70 bits per heavy atom. The number of ether oxygens (including phenoxy) is 1. The molecule has 0 unspecified atom stereocenters. The maximum atomic E-state index is 11.8. The minimum absolute atomic E-state index is 0.163. The molecule has 122 valence electrons. The van der Waals surface area contributed by atoms with Crippen molar-refractivity contribution in [2.45, 2.75) is 26.4 Å². The highest BCUT2D eigenvalue weighted by Crippen LogP contribution is 2.23. The van der Waals surface area contributed by atoms with Crippen LogP contribution in [0.3, 0.4) is 0 Å². The van der Waals surface area contributed by atoms with Crippen LogP contribution >= 0.6 is 34.2 Å². The van der Waals surface area contributed by atoms with Gasteiger partial charge < -0.3 is 10.1 Å². The molecule has 1 aromatic heterocycles. The molecule has 0 aliphatic rings. The van der Waals surface area contributed by atoms with Crippen molar-refractivity contribution in [2.75, 3.05) is 10.6 Å². The van der Waals surface area contributed by atoms with Crippen LogP contribution in [-0.2, 0) is 4.74 Å². The van der Waals surface area contributed by atoms with Gasteiger partial charge in [0.25, 0.3) is 0 Å². The Kier molecular flexibility index (Phi) is 5.64. The largest absolute Gasteiger partial charge is 0.444 e. The van der Waals surface area contributed by atoms with Crippen molar-refractivity contribution in [1.82, 2.24) is 9.97 Å². The van der Waals surface area contributed by atoms with E-state index in [2.05, 4.69) is 43.2 Å². The summed E-state index contributed by atoms with van der Waals surface area (Å²) in [5, 5.41) is 5.99. The summed E-state index contributed by atoms with van der Waals surface area (Å²) in [4.78, 5) is 19.8. The summed E-state index contributed by atoms with van der Waals surface area (Å²) < 4.78 is 6.06. The van der Waals surface area contributed by atoms with Crippen molar-refractivity contribution in [3.05, 3.63) is 39.3 Å². The van der Waals surface area contributed by atoms with Crippen LogP contribution in [0.15, 0.2) is 30.5 Å². The van der Waals surface area contributed by atoms with Gasteiger partial charge in [-0.15, -0.1) is 0 Å². The van der Waals surface area contributed by atoms with E-state index in [1.165, 1.54) is 0 Å². The van der Waals surface area contributed by atoms with E-state index in [9.17, 15) is 4.79 Å². The summed E-state index contributed by atoms with van der Waals surface area (Å²) in [6.07, 6.45) is 1.12. The molecule has 0 aliphatic carbocycles. The highest BCUT2D eigenvalue weighted by Gasteiger charge is 2.16. The third-order valence-corrected chi connectivity index (χ3v) is 3.46. The van der Waals surface area contributed by atoms with Crippen LogP contribution in [0.5, 0.6) is 0 Å². The van der Waals surface area contributed by atoms with E-state index in [-0.39, 0.29) is 5.28 Å². The number of rotatable bonds is 3. The Morgan fingerprint density at radius 1 is 1.30 bits per heavy atom. The number of nitrogens with one attached hydrogen (secondary N) is 2. The molecule has 6 nitrogen and oxygen atoms in total. The molecule has 2 aromatic rings. The Bertz CT molecular complexity index is 719. The molecule has 2 rings (SSSR count). The monoisotopic (exact) mass is 446 g/mol. The van der Waals surface area contributed by atoms with Gasteiger partial charge in [-0.05, 0) is 73.2 Å². The van der Waals surface area contributed by atoms with E-state index in [1.807, 2.05) is 32.9 Å². The number of halogens is 2. The van der Waals surface area contributed by atoms with Gasteiger partial charge in [-0.25, -0.2) is 9.78 Å². The maximum absolute atomic E-state index is 11.8. The van der Waals surface area contributed by atoms with E-state index < -0.39 is 11.7 Å². The van der Waals surface area contributed by atoms with E-state index in [4.69, 9.17) is 16.3 Å². The molecule has 0 atom stereocenters. The average Bonchev–Trinajstić information content (AvgIpc) is 2.41. The van der Waals surface area contributed by atoms with Crippen molar-refractivity contribution in [3.8, 4) is 0 Å². The van der Waals surface area contributed by atoms with Crippen molar-refractivity contribution in [1.29, 1.82) is 0 Å².